The smallest absolute Gasteiger partial charge is 0.246 e. The second-order valence-corrected chi connectivity index (χ2v) is 11.5. The maximum absolute atomic E-state index is 13.6. The van der Waals surface area contributed by atoms with Crippen molar-refractivity contribution >= 4 is 43.2 Å². The number of carbonyl (C=O) groups excluding carboxylic acids is 2. The molecule has 2 amide bonds. The Labute approximate surface area is 210 Å². The van der Waals surface area contributed by atoms with Gasteiger partial charge in [0.25, 0.3) is 0 Å². The average molecular weight is 525 g/mol. The molecule has 0 radical (unpaired) electrons. The summed E-state index contributed by atoms with van der Waals surface area (Å²) in [5.74, 6) is -1.79. The number of fused-ring (bicyclic) bond motifs is 1. The number of rotatable bonds is 8. The standard InChI is InChI=1S/C25H21FN4O4S2/c26-21-11-7-16(13-27-21)15-6-10-20-19(12-15)30-25(35-20)23(36(33,34)18-4-2-1-3-5-18)24(32)28-14-22(31)29-17-8-9-17/h1-7,10-13,17,23H,8-9,14H2,(H,28,32)(H,29,31). The Balaban J connectivity index is 1.50. The zero-order valence-corrected chi connectivity index (χ0v) is 20.5. The first-order chi connectivity index (χ1) is 17.3. The van der Waals surface area contributed by atoms with Gasteiger partial charge in [-0.2, -0.15) is 4.39 Å². The van der Waals surface area contributed by atoms with Crippen LogP contribution in [0.4, 0.5) is 4.39 Å². The SMILES string of the molecule is O=C(CNC(=O)C(c1nc2cc(-c3ccc(F)nc3)ccc2s1)S(=O)(=O)c1ccccc1)NC1CC1. The zero-order chi connectivity index (χ0) is 25.3. The summed E-state index contributed by atoms with van der Waals surface area (Å²) in [6.07, 6.45) is 3.19. The lowest BCUT2D eigenvalue weighted by Gasteiger charge is -2.15. The summed E-state index contributed by atoms with van der Waals surface area (Å²) >= 11 is 1.09. The highest BCUT2D eigenvalue weighted by Gasteiger charge is 2.38. The minimum atomic E-state index is -4.17. The van der Waals surface area contributed by atoms with E-state index in [1.807, 2.05) is 0 Å². The molecule has 2 N–H and O–H groups in total. The van der Waals surface area contributed by atoms with Crippen LogP contribution in [0.3, 0.4) is 0 Å². The number of benzene rings is 2. The topological polar surface area (TPSA) is 118 Å². The first-order valence-electron chi connectivity index (χ1n) is 11.2. The van der Waals surface area contributed by atoms with E-state index in [1.54, 1.807) is 42.5 Å². The number of pyridine rings is 1. The van der Waals surface area contributed by atoms with Crippen LogP contribution in [0.2, 0.25) is 0 Å². The van der Waals surface area contributed by atoms with Crippen LogP contribution in [0, 0.1) is 5.95 Å². The highest BCUT2D eigenvalue weighted by Crippen LogP contribution is 2.36. The number of nitrogens with one attached hydrogen (secondary N) is 2. The molecule has 1 fully saturated rings. The lowest BCUT2D eigenvalue weighted by Crippen LogP contribution is -2.41. The van der Waals surface area contributed by atoms with Gasteiger partial charge in [-0.05, 0) is 54.8 Å². The molecule has 2 aromatic carbocycles. The van der Waals surface area contributed by atoms with Gasteiger partial charge in [-0.1, -0.05) is 24.3 Å². The molecule has 2 heterocycles. The summed E-state index contributed by atoms with van der Waals surface area (Å²) in [7, 11) is -4.17. The molecule has 0 saturated heterocycles. The normalized spacial score (nSPS) is 14.4. The number of amides is 2. The third-order valence-corrected chi connectivity index (χ3v) is 8.91. The van der Waals surface area contributed by atoms with Crippen molar-refractivity contribution in [1.29, 1.82) is 0 Å². The Morgan fingerprint density at radius 2 is 1.81 bits per heavy atom. The highest BCUT2D eigenvalue weighted by atomic mass is 32.2. The Kier molecular flexibility index (Phi) is 6.50. The number of carbonyl (C=O) groups is 2. The maximum atomic E-state index is 13.6. The van der Waals surface area contributed by atoms with E-state index >= 15 is 0 Å². The van der Waals surface area contributed by atoms with Gasteiger partial charge in [0.05, 0.1) is 21.7 Å². The predicted molar refractivity (Wildman–Crippen MR) is 133 cm³/mol. The molecule has 2 aromatic heterocycles. The van der Waals surface area contributed by atoms with Crippen LogP contribution in [0.25, 0.3) is 21.3 Å². The molecule has 1 aliphatic rings. The van der Waals surface area contributed by atoms with Gasteiger partial charge < -0.3 is 10.6 Å². The number of sulfone groups is 1. The van der Waals surface area contributed by atoms with Crippen molar-refractivity contribution in [3.63, 3.8) is 0 Å². The minimum absolute atomic E-state index is 0.0232. The molecule has 0 aliphatic heterocycles. The van der Waals surface area contributed by atoms with E-state index in [0.717, 1.165) is 29.7 Å². The number of nitrogens with zero attached hydrogens (tertiary/aromatic N) is 2. The van der Waals surface area contributed by atoms with Gasteiger partial charge in [-0.15, -0.1) is 11.3 Å². The fraction of sp³-hybridized carbons (Fsp3) is 0.200. The van der Waals surface area contributed by atoms with Crippen LogP contribution in [0.5, 0.6) is 0 Å². The summed E-state index contributed by atoms with van der Waals surface area (Å²) in [5, 5.41) is 3.68. The van der Waals surface area contributed by atoms with E-state index in [9.17, 15) is 22.4 Å². The lowest BCUT2D eigenvalue weighted by molar-refractivity contribution is -0.126. The van der Waals surface area contributed by atoms with Gasteiger partial charge in [0, 0.05) is 17.8 Å². The largest absolute Gasteiger partial charge is 0.352 e. The van der Waals surface area contributed by atoms with Gasteiger partial charge in [-0.25, -0.2) is 18.4 Å². The van der Waals surface area contributed by atoms with E-state index < -0.39 is 26.9 Å². The number of thiazole rings is 1. The van der Waals surface area contributed by atoms with E-state index in [2.05, 4.69) is 20.6 Å². The van der Waals surface area contributed by atoms with Gasteiger partial charge in [0.2, 0.25) is 17.8 Å². The van der Waals surface area contributed by atoms with Crippen LogP contribution in [0.15, 0.2) is 71.8 Å². The second kappa shape index (κ2) is 9.75. The van der Waals surface area contributed by atoms with Crippen molar-refractivity contribution in [3.05, 3.63) is 77.8 Å². The summed E-state index contributed by atoms with van der Waals surface area (Å²) in [6, 6.07) is 15.9. The van der Waals surface area contributed by atoms with Crippen molar-refractivity contribution in [2.75, 3.05) is 6.54 Å². The maximum Gasteiger partial charge on any atom is 0.246 e. The molecule has 184 valence electrons. The van der Waals surface area contributed by atoms with Gasteiger partial charge in [-0.3, -0.25) is 9.59 Å². The monoisotopic (exact) mass is 524 g/mol. The van der Waals surface area contributed by atoms with Crippen molar-refractivity contribution in [2.24, 2.45) is 0 Å². The average Bonchev–Trinajstić information content (AvgIpc) is 3.59. The Morgan fingerprint density at radius 3 is 2.50 bits per heavy atom. The molecule has 4 aromatic rings. The molecule has 36 heavy (non-hydrogen) atoms. The Bertz CT molecular complexity index is 1540. The Morgan fingerprint density at radius 1 is 1.06 bits per heavy atom. The van der Waals surface area contributed by atoms with Gasteiger partial charge in [0.1, 0.15) is 5.01 Å². The van der Waals surface area contributed by atoms with E-state index in [0.29, 0.717) is 15.8 Å². The summed E-state index contributed by atoms with van der Waals surface area (Å²) in [5.41, 5.74) is 1.88. The zero-order valence-electron chi connectivity index (χ0n) is 18.8. The van der Waals surface area contributed by atoms with Crippen LogP contribution >= 0.6 is 11.3 Å². The molecule has 1 unspecified atom stereocenters. The summed E-state index contributed by atoms with van der Waals surface area (Å²) in [4.78, 5) is 33.5. The second-order valence-electron chi connectivity index (χ2n) is 8.40. The molecule has 8 nitrogen and oxygen atoms in total. The molecule has 0 bridgehead atoms. The minimum Gasteiger partial charge on any atom is -0.352 e. The quantitative estimate of drug-likeness (QED) is 0.341. The number of aromatic nitrogens is 2. The van der Waals surface area contributed by atoms with Crippen molar-refractivity contribution in [2.45, 2.75) is 29.0 Å². The van der Waals surface area contributed by atoms with Crippen LogP contribution < -0.4 is 10.6 Å². The first-order valence-corrected chi connectivity index (χ1v) is 13.6. The summed E-state index contributed by atoms with van der Waals surface area (Å²) in [6.45, 7) is -0.331. The third kappa shape index (κ3) is 5.12. The fourth-order valence-electron chi connectivity index (χ4n) is 3.68. The molecular formula is C25H21FN4O4S2. The molecule has 5 rings (SSSR count). The first kappa shape index (κ1) is 24.0. The van der Waals surface area contributed by atoms with Gasteiger partial charge >= 0.3 is 0 Å². The van der Waals surface area contributed by atoms with Crippen LogP contribution in [-0.4, -0.2) is 42.8 Å². The molecule has 11 heteroatoms. The third-order valence-electron chi connectivity index (χ3n) is 5.67. The van der Waals surface area contributed by atoms with Crippen LogP contribution in [-0.2, 0) is 19.4 Å². The van der Waals surface area contributed by atoms with Crippen molar-refractivity contribution < 1.29 is 22.4 Å². The fourth-order valence-corrected chi connectivity index (χ4v) is 6.63. The summed E-state index contributed by atoms with van der Waals surface area (Å²) < 4.78 is 41.0. The Hall–Kier alpha value is -3.70. The van der Waals surface area contributed by atoms with E-state index in [4.69, 9.17) is 0 Å². The van der Waals surface area contributed by atoms with Gasteiger partial charge in [0.15, 0.2) is 15.1 Å². The predicted octanol–water partition coefficient (Wildman–Crippen LogP) is 3.41. The number of hydrogen-bond donors (Lipinski definition) is 2. The van der Waals surface area contributed by atoms with Crippen LogP contribution in [0.1, 0.15) is 23.1 Å². The molecule has 1 saturated carbocycles. The molecule has 0 spiro atoms. The number of halogens is 1. The molecular weight excluding hydrogens is 503 g/mol. The molecule has 1 aliphatic carbocycles. The highest BCUT2D eigenvalue weighted by molar-refractivity contribution is 7.92. The lowest BCUT2D eigenvalue weighted by atomic mass is 10.1. The van der Waals surface area contributed by atoms with Crippen molar-refractivity contribution in [3.8, 4) is 11.1 Å². The molecule has 1 atom stereocenters. The van der Waals surface area contributed by atoms with E-state index in [1.165, 1.54) is 24.4 Å². The number of hydrogen-bond acceptors (Lipinski definition) is 7. The van der Waals surface area contributed by atoms with E-state index in [-0.39, 0.29) is 28.4 Å². The van der Waals surface area contributed by atoms with Crippen molar-refractivity contribution in [1.82, 2.24) is 20.6 Å².